The lowest BCUT2D eigenvalue weighted by Gasteiger charge is -2.26. The molecule has 0 saturated carbocycles. The molecule has 0 radical (unpaired) electrons. The summed E-state index contributed by atoms with van der Waals surface area (Å²) in [5, 5.41) is 0. The van der Waals surface area contributed by atoms with Crippen LogP contribution < -0.4 is 14.4 Å². The minimum atomic E-state index is 0.329. The van der Waals surface area contributed by atoms with Crippen LogP contribution in [0.3, 0.4) is 0 Å². The van der Waals surface area contributed by atoms with Crippen LogP contribution in [0.2, 0.25) is 0 Å². The smallest absolute Gasteiger partial charge is 0.236 e. The molecule has 1 saturated heterocycles. The molecule has 28 heavy (non-hydrogen) atoms. The third kappa shape index (κ3) is 3.40. The van der Waals surface area contributed by atoms with E-state index in [2.05, 4.69) is 27.0 Å². The summed E-state index contributed by atoms with van der Waals surface area (Å²) in [6, 6.07) is 8.80. The Labute approximate surface area is 164 Å². The summed E-state index contributed by atoms with van der Waals surface area (Å²) in [6.45, 7) is 1.38. The molecule has 2 aliphatic heterocycles. The lowest BCUT2D eigenvalue weighted by atomic mass is 10.0. The fourth-order valence-electron chi connectivity index (χ4n) is 4.08. The predicted molar refractivity (Wildman–Crippen MR) is 105 cm³/mol. The number of ether oxygens (including phenoxy) is 2. The molecule has 1 aromatic carbocycles. The number of hydrogen-bond acceptors (Lipinski definition) is 6. The van der Waals surface area contributed by atoms with Gasteiger partial charge in [-0.2, -0.15) is 4.98 Å². The molecule has 1 fully saturated rings. The summed E-state index contributed by atoms with van der Waals surface area (Å²) < 4.78 is 12.7. The highest BCUT2D eigenvalue weighted by atomic mass is 16.7. The highest BCUT2D eigenvalue weighted by molar-refractivity contribution is 5.45. The Bertz CT molecular complexity index is 944. The Morgan fingerprint density at radius 2 is 2.07 bits per heavy atom. The molecule has 5 rings (SSSR count). The molecular weight excluding hydrogens is 354 g/mol. The van der Waals surface area contributed by atoms with E-state index in [9.17, 15) is 0 Å². The van der Waals surface area contributed by atoms with E-state index in [1.807, 2.05) is 29.1 Å². The van der Waals surface area contributed by atoms with Crippen LogP contribution in [0.15, 0.2) is 49.2 Å². The van der Waals surface area contributed by atoms with Gasteiger partial charge in [0.2, 0.25) is 12.7 Å². The third-order valence-corrected chi connectivity index (χ3v) is 5.47. The first kappa shape index (κ1) is 17.0. The molecule has 0 aliphatic carbocycles. The quantitative estimate of drug-likeness (QED) is 0.656. The topological polar surface area (TPSA) is 65.3 Å². The van der Waals surface area contributed by atoms with Gasteiger partial charge >= 0.3 is 0 Å². The average molecular weight is 377 g/mol. The van der Waals surface area contributed by atoms with Gasteiger partial charge in [-0.15, -0.1) is 0 Å². The van der Waals surface area contributed by atoms with Gasteiger partial charge in [0.05, 0.1) is 0 Å². The zero-order chi connectivity index (χ0) is 18.8. The van der Waals surface area contributed by atoms with Crippen molar-refractivity contribution in [2.75, 3.05) is 18.2 Å². The fourth-order valence-corrected chi connectivity index (χ4v) is 4.08. The van der Waals surface area contributed by atoms with Gasteiger partial charge in [-0.3, -0.25) is 4.57 Å². The molecule has 2 aliphatic rings. The molecule has 4 heterocycles. The van der Waals surface area contributed by atoms with Crippen molar-refractivity contribution < 1.29 is 9.47 Å². The van der Waals surface area contributed by atoms with E-state index in [0.717, 1.165) is 43.1 Å². The number of anilines is 1. The van der Waals surface area contributed by atoms with Crippen molar-refractivity contribution in [3.05, 3.63) is 54.7 Å². The van der Waals surface area contributed by atoms with E-state index < -0.39 is 0 Å². The average Bonchev–Trinajstić information content (AvgIpc) is 3.49. The summed E-state index contributed by atoms with van der Waals surface area (Å²) >= 11 is 0. The Morgan fingerprint density at radius 1 is 1.11 bits per heavy atom. The van der Waals surface area contributed by atoms with Crippen molar-refractivity contribution in [1.29, 1.82) is 0 Å². The highest BCUT2D eigenvalue weighted by Gasteiger charge is 2.25. The lowest BCUT2D eigenvalue weighted by molar-refractivity contribution is 0.174. The summed E-state index contributed by atoms with van der Waals surface area (Å²) in [5.74, 6) is 3.39. The molecule has 1 atom stereocenters. The van der Waals surface area contributed by atoms with E-state index in [1.54, 1.807) is 12.5 Å². The monoisotopic (exact) mass is 377 g/mol. The summed E-state index contributed by atoms with van der Waals surface area (Å²) in [7, 11) is 0. The predicted octanol–water partition coefficient (Wildman–Crippen LogP) is 3.38. The van der Waals surface area contributed by atoms with Crippen molar-refractivity contribution in [2.45, 2.75) is 38.1 Å². The number of aromatic nitrogens is 4. The van der Waals surface area contributed by atoms with Gasteiger partial charge in [0.25, 0.3) is 0 Å². The first-order valence-corrected chi connectivity index (χ1v) is 9.83. The van der Waals surface area contributed by atoms with Crippen molar-refractivity contribution >= 4 is 5.82 Å². The molecular formula is C21H23N5O2. The Balaban J connectivity index is 1.23. The maximum Gasteiger partial charge on any atom is 0.236 e. The second-order valence-corrected chi connectivity index (χ2v) is 7.25. The normalized spacial score (nSPS) is 18.0. The molecule has 1 unspecified atom stereocenters. The molecule has 3 aromatic rings. The van der Waals surface area contributed by atoms with Crippen LogP contribution in [-0.4, -0.2) is 38.9 Å². The van der Waals surface area contributed by atoms with Crippen molar-refractivity contribution in [2.24, 2.45) is 0 Å². The number of aryl methyl sites for hydroxylation is 1. The molecule has 2 aromatic heterocycles. The highest BCUT2D eigenvalue weighted by Crippen LogP contribution is 2.33. The number of benzene rings is 1. The van der Waals surface area contributed by atoms with Crippen LogP contribution in [0.5, 0.6) is 11.5 Å². The first-order valence-electron chi connectivity index (χ1n) is 9.83. The minimum absolute atomic E-state index is 0.329. The van der Waals surface area contributed by atoms with Crippen LogP contribution in [0.4, 0.5) is 5.82 Å². The van der Waals surface area contributed by atoms with Gasteiger partial charge < -0.3 is 14.4 Å². The maximum atomic E-state index is 5.48. The van der Waals surface area contributed by atoms with Gasteiger partial charge in [0, 0.05) is 31.2 Å². The third-order valence-electron chi connectivity index (χ3n) is 5.47. The number of hydrogen-bond donors (Lipinski definition) is 0. The Morgan fingerprint density at radius 3 is 3.00 bits per heavy atom. The number of rotatable bonds is 6. The lowest BCUT2D eigenvalue weighted by Crippen LogP contribution is -2.30. The van der Waals surface area contributed by atoms with Gasteiger partial charge in [-0.1, -0.05) is 6.07 Å². The van der Waals surface area contributed by atoms with Crippen LogP contribution in [0.25, 0.3) is 5.95 Å². The van der Waals surface area contributed by atoms with Crippen LogP contribution in [0.1, 0.15) is 31.2 Å². The van der Waals surface area contributed by atoms with E-state index in [-0.39, 0.29) is 0 Å². The zero-order valence-corrected chi connectivity index (χ0v) is 15.7. The van der Waals surface area contributed by atoms with Crippen LogP contribution in [-0.2, 0) is 6.42 Å². The second kappa shape index (κ2) is 7.50. The molecule has 0 amide bonds. The summed E-state index contributed by atoms with van der Waals surface area (Å²) in [4.78, 5) is 15.6. The molecule has 144 valence electrons. The molecule has 0 N–H and O–H groups in total. The number of fused-ring (bicyclic) bond motifs is 1. The van der Waals surface area contributed by atoms with E-state index in [1.165, 1.54) is 18.4 Å². The van der Waals surface area contributed by atoms with Crippen molar-refractivity contribution in [1.82, 2.24) is 19.5 Å². The Hall–Kier alpha value is -3.09. The molecule has 0 bridgehead atoms. The van der Waals surface area contributed by atoms with E-state index >= 15 is 0 Å². The van der Waals surface area contributed by atoms with Gasteiger partial charge in [0.1, 0.15) is 12.1 Å². The molecule has 7 heteroatoms. The fraction of sp³-hybridized carbons (Fsp3) is 0.381. The molecule has 0 spiro atoms. The van der Waals surface area contributed by atoms with Crippen molar-refractivity contribution in [3.8, 4) is 17.4 Å². The zero-order valence-electron chi connectivity index (χ0n) is 15.7. The number of imidazole rings is 1. The van der Waals surface area contributed by atoms with Gasteiger partial charge in [0.15, 0.2) is 11.5 Å². The second-order valence-electron chi connectivity index (χ2n) is 7.25. The summed E-state index contributed by atoms with van der Waals surface area (Å²) in [6.07, 6.45) is 12.9. The van der Waals surface area contributed by atoms with Crippen LogP contribution in [0, 0.1) is 0 Å². The van der Waals surface area contributed by atoms with Crippen LogP contribution >= 0.6 is 0 Å². The SMILES string of the molecule is c1cn(-c2nccc(N3CCCC3CCCc3ccc4c(c3)OCO4)n2)cn1. The minimum Gasteiger partial charge on any atom is -0.454 e. The van der Waals surface area contributed by atoms with E-state index in [0.29, 0.717) is 18.8 Å². The maximum absolute atomic E-state index is 5.48. The standard InChI is InChI=1S/C21H23N5O2/c1(3-16-6-7-18-19(13-16)28-15-27-18)4-17-5-2-11-26(17)20-8-9-23-21(24-20)25-12-10-22-14-25/h6-10,12-14,17H,1-5,11,15H2. The Kier molecular flexibility index (Phi) is 4.56. The largest absolute Gasteiger partial charge is 0.454 e. The summed E-state index contributed by atoms with van der Waals surface area (Å²) in [5.41, 5.74) is 1.30. The number of nitrogens with zero attached hydrogens (tertiary/aromatic N) is 5. The van der Waals surface area contributed by atoms with Crippen molar-refractivity contribution in [3.63, 3.8) is 0 Å². The first-order chi connectivity index (χ1) is 13.9. The van der Waals surface area contributed by atoms with E-state index in [4.69, 9.17) is 14.5 Å². The van der Waals surface area contributed by atoms with Gasteiger partial charge in [-0.05, 0) is 55.9 Å². The molecule has 7 nitrogen and oxygen atoms in total. The van der Waals surface area contributed by atoms with Gasteiger partial charge in [-0.25, -0.2) is 9.97 Å².